The Labute approximate surface area is 100 Å². The number of hydrogen-bond acceptors (Lipinski definition) is 5. The summed E-state index contributed by atoms with van der Waals surface area (Å²) in [5.41, 5.74) is 3.09. The normalized spacial score (nSPS) is 11.6. The van der Waals surface area contributed by atoms with E-state index in [1.54, 1.807) is 17.0 Å². The molecule has 0 aliphatic carbocycles. The van der Waals surface area contributed by atoms with Crippen molar-refractivity contribution >= 4 is 16.7 Å². The highest BCUT2D eigenvalue weighted by atomic mass is 15.3. The molecule has 4 aromatic heterocycles. The lowest BCUT2D eigenvalue weighted by atomic mass is 10.3. The fraction of sp³-hybridized carbons (Fsp3) is 0.100. The fourth-order valence-corrected chi connectivity index (χ4v) is 1.88. The number of nitrogens with zero attached hydrogens (tertiary/aromatic N) is 6. The van der Waals surface area contributed by atoms with E-state index in [2.05, 4.69) is 35.5 Å². The predicted octanol–water partition coefficient (Wildman–Crippen LogP) is 0.699. The van der Waals surface area contributed by atoms with Crippen LogP contribution >= 0.6 is 0 Å². The first kappa shape index (κ1) is 9.28. The molecule has 88 valence electrons. The van der Waals surface area contributed by atoms with Crippen LogP contribution in [0.3, 0.4) is 0 Å². The molecule has 2 N–H and O–H groups in total. The Balaban J connectivity index is 2.03. The highest BCUT2D eigenvalue weighted by Gasteiger charge is 2.12. The minimum absolute atomic E-state index is 0.565. The standard InChI is InChI=1S/C10H8N8/c1-5-2-7(15-14-5)9-13-10-6-3-12-16-8(6)11-4-18(10)17-9/h2-4H,1H3,(H,12,16)(H,14,15). The van der Waals surface area contributed by atoms with E-state index in [1.807, 2.05) is 13.0 Å². The lowest BCUT2D eigenvalue weighted by Crippen LogP contribution is -1.89. The minimum atomic E-state index is 0.565. The first-order valence-electron chi connectivity index (χ1n) is 5.38. The largest absolute Gasteiger partial charge is 0.282 e. The van der Waals surface area contributed by atoms with Gasteiger partial charge in [-0.15, -0.1) is 5.10 Å². The van der Waals surface area contributed by atoms with Gasteiger partial charge in [-0.3, -0.25) is 10.2 Å². The second-order valence-electron chi connectivity index (χ2n) is 4.02. The first-order chi connectivity index (χ1) is 8.81. The molecule has 0 saturated carbocycles. The number of aryl methyl sites for hydroxylation is 1. The topological polar surface area (TPSA) is 100 Å². The van der Waals surface area contributed by atoms with Crippen LogP contribution in [0.5, 0.6) is 0 Å². The third-order valence-corrected chi connectivity index (χ3v) is 2.72. The summed E-state index contributed by atoms with van der Waals surface area (Å²) in [6, 6.07) is 1.90. The van der Waals surface area contributed by atoms with Gasteiger partial charge in [-0.05, 0) is 13.0 Å². The van der Waals surface area contributed by atoms with Crippen molar-refractivity contribution in [3.63, 3.8) is 0 Å². The molecule has 0 atom stereocenters. The molecule has 4 aromatic rings. The molecule has 0 aliphatic heterocycles. The second-order valence-corrected chi connectivity index (χ2v) is 4.02. The van der Waals surface area contributed by atoms with Gasteiger partial charge >= 0.3 is 0 Å². The van der Waals surface area contributed by atoms with Crippen LogP contribution in [-0.2, 0) is 0 Å². The van der Waals surface area contributed by atoms with E-state index in [0.29, 0.717) is 22.8 Å². The van der Waals surface area contributed by atoms with Crippen molar-refractivity contribution < 1.29 is 0 Å². The van der Waals surface area contributed by atoms with Gasteiger partial charge in [0.25, 0.3) is 0 Å². The number of aromatic nitrogens is 8. The van der Waals surface area contributed by atoms with Crippen molar-refractivity contribution in [1.82, 2.24) is 40.0 Å². The van der Waals surface area contributed by atoms with Gasteiger partial charge in [-0.25, -0.2) is 14.5 Å². The molecule has 4 rings (SSSR count). The summed E-state index contributed by atoms with van der Waals surface area (Å²) >= 11 is 0. The van der Waals surface area contributed by atoms with Crippen LogP contribution in [0, 0.1) is 6.92 Å². The highest BCUT2D eigenvalue weighted by Crippen LogP contribution is 2.18. The Morgan fingerprint density at radius 3 is 3.06 bits per heavy atom. The summed E-state index contributed by atoms with van der Waals surface area (Å²) < 4.78 is 1.62. The third-order valence-electron chi connectivity index (χ3n) is 2.72. The summed E-state index contributed by atoms with van der Waals surface area (Å²) in [6.45, 7) is 1.93. The summed E-state index contributed by atoms with van der Waals surface area (Å²) in [5.74, 6) is 0.565. The zero-order valence-corrected chi connectivity index (χ0v) is 9.42. The van der Waals surface area contributed by atoms with Gasteiger partial charge in [0.15, 0.2) is 11.3 Å². The molecule has 0 radical (unpaired) electrons. The van der Waals surface area contributed by atoms with E-state index in [1.165, 1.54) is 0 Å². The zero-order valence-electron chi connectivity index (χ0n) is 9.42. The molecule has 0 bridgehead atoms. The van der Waals surface area contributed by atoms with Crippen LogP contribution in [0.1, 0.15) is 5.69 Å². The molecular formula is C10H8N8. The Morgan fingerprint density at radius 1 is 1.28 bits per heavy atom. The number of rotatable bonds is 1. The first-order valence-corrected chi connectivity index (χ1v) is 5.38. The number of fused-ring (bicyclic) bond motifs is 3. The van der Waals surface area contributed by atoms with E-state index >= 15 is 0 Å². The molecule has 0 unspecified atom stereocenters. The van der Waals surface area contributed by atoms with E-state index < -0.39 is 0 Å². The Hall–Kier alpha value is -2.77. The molecule has 18 heavy (non-hydrogen) atoms. The molecular weight excluding hydrogens is 232 g/mol. The van der Waals surface area contributed by atoms with E-state index in [4.69, 9.17) is 0 Å². The minimum Gasteiger partial charge on any atom is -0.282 e. The van der Waals surface area contributed by atoms with E-state index in [9.17, 15) is 0 Å². The summed E-state index contributed by atoms with van der Waals surface area (Å²) in [7, 11) is 0. The number of nitrogens with one attached hydrogen (secondary N) is 2. The second kappa shape index (κ2) is 3.13. The SMILES string of the molecule is Cc1cc(-c2nc3c4cn[nH]c4ncn3n2)n[nH]1. The van der Waals surface area contributed by atoms with Crippen LogP contribution in [0.15, 0.2) is 18.6 Å². The van der Waals surface area contributed by atoms with Gasteiger partial charge in [-0.1, -0.05) is 0 Å². The average molecular weight is 240 g/mol. The summed E-state index contributed by atoms with van der Waals surface area (Å²) in [6.07, 6.45) is 3.29. The summed E-state index contributed by atoms with van der Waals surface area (Å²) in [4.78, 5) is 8.66. The maximum absolute atomic E-state index is 4.47. The molecule has 0 aliphatic rings. The van der Waals surface area contributed by atoms with Crippen LogP contribution < -0.4 is 0 Å². The molecule has 4 heterocycles. The number of hydrogen-bond donors (Lipinski definition) is 2. The van der Waals surface area contributed by atoms with Gasteiger partial charge in [0, 0.05) is 5.69 Å². The average Bonchev–Trinajstić information content (AvgIpc) is 3.04. The van der Waals surface area contributed by atoms with Crippen molar-refractivity contribution in [2.24, 2.45) is 0 Å². The third kappa shape index (κ3) is 1.16. The van der Waals surface area contributed by atoms with Gasteiger partial charge in [0.2, 0.25) is 5.82 Å². The van der Waals surface area contributed by atoms with Crippen molar-refractivity contribution in [2.75, 3.05) is 0 Å². The number of aromatic amines is 2. The van der Waals surface area contributed by atoms with Crippen LogP contribution in [-0.4, -0.2) is 40.0 Å². The lowest BCUT2D eigenvalue weighted by molar-refractivity contribution is 0.929. The lowest BCUT2D eigenvalue weighted by Gasteiger charge is -1.89. The van der Waals surface area contributed by atoms with Crippen LogP contribution in [0.25, 0.3) is 28.2 Å². The Morgan fingerprint density at radius 2 is 2.22 bits per heavy atom. The molecule has 0 saturated heterocycles. The maximum Gasteiger partial charge on any atom is 0.202 e. The maximum atomic E-state index is 4.47. The van der Waals surface area contributed by atoms with Crippen molar-refractivity contribution in [3.05, 3.63) is 24.3 Å². The fourth-order valence-electron chi connectivity index (χ4n) is 1.88. The molecule has 0 spiro atoms. The van der Waals surface area contributed by atoms with Gasteiger partial charge in [0.1, 0.15) is 12.0 Å². The Kier molecular flexibility index (Phi) is 1.61. The van der Waals surface area contributed by atoms with Crippen LogP contribution in [0.4, 0.5) is 0 Å². The smallest absolute Gasteiger partial charge is 0.202 e. The molecule has 0 amide bonds. The van der Waals surface area contributed by atoms with Gasteiger partial charge in [0.05, 0.1) is 11.6 Å². The zero-order chi connectivity index (χ0) is 12.1. The molecule has 8 heteroatoms. The molecule has 0 fully saturated rings. The molecule has 0 aromatic carbocycles. The van der Waals surface area contributed by atoms with Gasteiger partial charge < -0.3 is 0 Å². The quantitative estimate of drug-likeness (QED) is 0.510. The number of H-pyrrole nitrogens is 2. The monoisotopic (exact) mass is 240 g/mol. The van der Waals surface area contributed by atoms with E-state index in [0.717, 1.165) is 11.1 Å². The van der Waals surface area contributed by atoms with Crippen LogP contribution in [0.2, 0.25) is 0 Å². The predicted molar refractivity (Wildman–Crippen MR) is 62.8 cm³/mol. The van der Waals surface area contributed by atoms with Crippen molar-refractivity contribution in [1.29, 1.82) is 0 Å². The Bertz CT molecular complexity index is 851. The van der Waals surface area contributed by atoms with E-state index in [-0.39, 0.29) is 0 Å². The summed E-state index contributed by atoms with van der Waals surface area (Å²) in [5, 5.41) is 18.9. The van der Waals surface area contributed by atoms with Crippen molar-refractivity contribution in [2.45, 2.75) is 6.92 Å². The van der Waals surface area contributed by atoms with Crippen molar-refractivity contribution in [3.8, 4) is 11.5 Å². The highest BCUT2D eigenvalue weighted by molar-refractivity contribution is 5.88. The molecule has 8 nitrogen and oxygen atoms in total. The van der Waals surface area contributed by atoms with Gasteiger partial charge in [-0.2, -0.15) is 10.2 Å².